The summed E-state index contributed by atoms with van der Waals surface area (Å²) in [7, 11) is 0. The smallest absolute Gasteiger partial charge is 0.0305 e. The topological polar surface area (TPSA) is 26.0 Å². The van der Waals surface area contributed by atoms with Crippen molar-refractivity contribution in [3.63, 3.8) is 0 Å². The van der Waals surface area contributed by atoms with E-state index in [0.29, 0.717) is 4.75 Å². The van der Waals surface area contributed by atoms with Gasteiger partial charge in [0.25, 0.3) is 0 Å². The molecule has 54 valence electrons. The molecule has 0 spiro atoms. The van der Waals surface area contributed by atoms with Gasteiger partial charge in [0, 0.05) is 11.3 Å². The van der Waals surface area contributed by atoms with Gasteiger partial charge in [0.15, 0.2) is 0 Å². The lowest BCUT2D eigenvalue weighted by molar-refractivity contribution is 0.246. The Morgan fingerprint density at radius 1 is 1.78 bits per heavy atom. The Hall–Kier alpha value is 0.310. The molecule has 1 saturated carbocycles. The molecule has 1 fully saturated rings. The van der Waals surface area contributed by atoms with Crippen molar-refractivity contribution in [1.82, 2.24) is 0 Å². The highest BCUT2D eigenvalue weighted by atomic mass is 32.2. The maximum atomic E-state index is 5.65. The maximum absolute atomic E-state index is 5.65. The Morgan fingerprint density at radius 2 is 2.44 bits per heavy atom. The van der Waals surface area contributed by atoms with Crippen molar-refractivity contribution in [2.45, 2.75) is 24.5 Å². The molecule has 1 rings (SSSR count). The molecular weight excluding hydrogens is 130 g/mol. The SMILES string of the molecule is CSC1(CN)CCC1C. The average Bonchev–Trinajstić information content (AvgIpc) is 1.89. The van der Waals surface area contributed by atoms with Crippen molar-refractivity contribution < 1.29 is 0 Å². The second-order valence-electron chi connectivity index (χ2n) is 2.91. The van der Waals surface area contributed by atoms with Gasteiger partial charge in [0.1, 0.15) is 0 Å². The first-order valence-corrected chi connectivity index (χ1v) is 4.73. The molecule has 0 saturated heterocycles. The third kappa shape index (κ3) is 0.987. The van der Waals surface area contributed by atoms with Crippen LogP contribution in [0.5, 0.6) is 0 Å². The fraction of sp³-hybridized carbons (Fsp3) is 1.00. The number of hydrogen-bond acceptors (Lipinski definition) is 2. The van der Waals surface area contributed by atoms with Crippen LogP contribution in [-0.4, -0.2) is 17.5 Å². The van der Waals surface area contributed by atoms with E-state index in [1.54, 1.807) is 0 Å². The van der Waals surface area contributed by atoms with Crippen molar-refractivity contribution in [2.24, 2.45) is 11.7 Å². The van der Waals surface area contributed by atoms with E-state index >= 15 is 0 Å². The Balaban J connectivity index is 2.48. The number of hydrogen-bond donors (Lipinski definition) is 1. The van der Waals surface area contributed by atoms with Crippen LogP contribution in [0.4, 0.5) is 0 Å². The molecule has 0 bridgehead atoms. The summed E-state index contributed by atoms with van der Waals surface area (Å²) in [5.74, 6) is 0.845. The molecule has 0 aromatic carbocycles. The van der Waals surface area contributed by atoms with Crippen LogP contribution in [0.15, 0.2) is 0 Å². The van der Waals surface area contributed by atoms with E-state index in [4.69, 9.17) is 5.73 Å². The van der Waals surface area contributed by atoms with Crippen molar-refractivity contribution in [3.8, 4) is 0 Å². The van der Waals surface area contributed by atoms with Crippen LogP contribution in [-0.2, 0) is 0 Å². The minimum atomic E-state index is 0.458. The highest BCUT2D eigenvalue weighted by Crippen LogP contribution is 2.46. The Kier molecular flexibility index (Phi) is 2.07. The van der Waals surface area contributed by atoms with E-state index in [0.717, 1.165) is 12.5 Å². The molecule has 1 nitrogen and oxygen atoms in total. The highest BCUT2D eigenvalue weighted by Gasteiger charge is 2.41. The molecule has 2 heteroatoms. The van der Waals surface area contributed by atoms with Gasteiger partial charge in [0.05, 0.1) is 0 Å². The fourth-order valence-electron chi connectivity index (χ4n) is 1.44. The Labute approximate surface area is 61.4 Å². The molecule has 0 aromatic heterocycles. The van der Waals surface area contributed by atoms with Gasteiger partial charge < -0.3 is 5.73 Å². The summed E-state index contributed by atoms with van der Waals surface area (Å²) in [6.07, 6.45) is 4.87. The lowest BCUT2D eigenvalue weighted by Gasteiger charge is -2.46. The van der Waals surface area contributed by atoms with Crippen molar-refractivity contribution in [2.75, 3.05) is 12.8 Å². The lowest BCUT2D eigenvalue weighted by Crippen LogP contribution is -2.48. The normalized spacial score (nSPS) is 42.3. The molecule has 1 aliphatic carbocycles. The summed E-state index contributed by atoms with van der Waals surface area (Å²) in [5.41, 5.74) is 5.65. The van der Waals surface area contributed by atoms with Crippen LogP contribution in [0.1, 0.15) is 19.8 Å². The van der Waals surface area contributed by atoms with E-state index in [9.17, 15) is 0 Å². The van der Waals surface area contributed by atoms with Crippen molar-refractivity contribution >= 4 is 11.8 Å². The molecule has 2 unspecified atom stereocenters. The number of rotatable bonds is 2. The molecule has 0 heterocycles. The first-order chi connectivity index (χ1) is 4.25. The zero-order valence-corrected chi connectivity index (χ0v) is 7.00. The van der Waals surface area contributed by atoms with Gasteiger partial charge in [-0.2, -0.15) is 11.8 Å². The molecule has 2 N–H and O–H groups in total. The second kappa shape index (κ2) is 2.51. The monoisotopic (exact) mass is 145 g/mol. The summed E-state index contributed by atoms with van der Waals surface area (Å²) in [6.45, 7) is 3.15. The first kappa shape index (κ1) is 7.42. The largest absolute Gasteiger partial charge is 0.329 e. The van der Waals surface area contributed by atoms with Gasteiger partial charge in [-0.1, -0.05) is 6.92 Å². The van der Waals surface area contributed by atoms with Crippen LogP contribution in [0.3, 0.4) is 0 Å². The quantitative estimate of drug-likeness (QED) is 0.637. The van der Waals surface area contributed by atoms with Crippen LogP contribution in [0.25, 0.3) is 0 Å². The lowest BCUT2D eigenvalue weighted by atomic mass is 9.74. The maximum Gasteiger partial charge on any atom is 0.0305 e. The summed E-state index contributed by atoms with van der Waals surface area (Å²) < 4.78 is 0.458. The van der Waals surface area contributed by atoms with Gasteiger partial charge in [-0.3, -0.25) is 0 Å². The number of nitrogens with two attached hydrogens (primary N) is 1. The van der Waals surface area contributed by atoms with Gasteiger partial charge >= 0.3 is 0 Å². The summed E-state index contributed by atoms with van der Waals surface area (Å²) in [6, 6.07) is 0. The molecule has 1 aliphatic rings. The molecular formula is C7H15NS. The molecule has 2 atom stereocenters. The van der Waals surface area contributed by atoms with Crippen LogP contribution in [0.2, 0.25) is 0 Å². The predicted octanol–water partition coefficient (Wildman–Crippen LogP) is 1.48. The minimum absolute atomic E-state index is 0.458. The van der Waals surface area contributed by atoms with E-state index < -0.39 is 0 Å². The van der Waals surface area contributed by atoms with Gasteiger partial charge in [-0.25, -0.2) is 0 Å². The first-order valence-electron chi connectivity index (χ1n) is 3.50. The van der Waals surface area contributed by atoms with Gasteiger partial charge in [-0.05, 0) is 25.0 Å². The molecule has 0 aromatic rings. The van der Waals surface area contributed by atoms with E-state index in [2.05, 4.69) is 13.2 Å². The average molecular weight is 145 g/mol. The second-order valence-corrected chi connectivity index (χ2v) is 4.13. The van der Waals surface area contributed by atoms with Crippen molar-refractivity contribution in [3.05, 3.63) is 0 Å². The van der Waals surface area contributed by atoms with Gasteiger partial charge in [-0.15, -0.1) is 0 Å². The third-order valence-corrected chi connectivity index (χ3v) is 4.24. The zero-order chi connectivity index (χ0) is 6.91. The summed E-state index contributed by atoms with van der Waals surface area (Å²) in [5, 5.41) is 0. The highest BCUT2D eigenvalue weighted by molar-refractivity contribution is 8.00. The summed E-state index contributed by atoms with van der Waals surface area (Å²) in [4.78, 5) is 0. The summed E-state index contributed by atoms with van der Waals surface area (Å²) >= 11 is 1.94. The van der Waals surface area contributed by atoms with E-state index in [-0.39, 0.29) is 0 Å². The predicted molar refractivity (Wildman–Crippen MR) is 43.7 cm³/mol. The Bertz CT molecular complexity index is 93.6. The Morgan fingerprint density at radius 3 is 2.44 bits per heavy atom. The van der Waals surface area contributed by atoms with Crippen LogP contribution in [0, 0.1) is 5.92 Å². The van der Waals surface area contributed by atoms with E-state index in [1.807, 2.05) is 11.8 Å². The molecule has 0 radical (unpaired) electrons. The van der Waals surface area contributed by atoms with Crippen molar-refractivity contribution in [1.29, 1.82) is 0 Å². The van der Waals surface area contributed by atoms with E-state index in [1.165, 1.54) is 12.8 Å². The van der Waals surface area contributed by atoms with Crippen LogP contribution >= 0.6 is 11.8 Å². The zero-order valence-electron chi connectivity index (χ0n) is 6.18. The molecule has 0 amide bonds. The fourth-order valence-corrected chi connectivity index (χ4v) is 2.45. The van der Waals surface area contributed by atoms with Gasteiger partial charge in [0.2, 0.25) is 0 Å². The molecule has 0 aliphatic heterocycles. The van der Waals surface area contributed by atoms with Crippen LogP contribution < -0.4 is 5.73 Å². The third-order valence-electron chi connectivity index (χ3n) is 2.65. The molecule has 9 heavy (non-hydrogen) atoms. The number of thioether (sulfide) groups is 1. The minimum Gasteiger partial charge on any atom is -0.329 e. The standard InChI is InChI=1S/C7H15NS/c1-6-3-4-7(6,5-8)9-2/h6H,3-5,8H2,1-2H3.